The van der Waals surface area contributed by atoms with Gasteiger partial charge in [-0.05, 0) is 68.0 Å². The molecule has 2 saturated heterocycles. The quantitative estimate of drug-likeness (QED) is 0.371. The third-order valence-corrected chi connectivity index (χ3v) is 9.45. The summed E-state index contributed by atoms with van der Waals surface area (Å²) in [5, 5.41) is 3.62. The van der Waals surface area contributed by atoms with Crippen LogP contribution >= 0.6 is 0 Å². The highest BCUT2D eigenvalue weighted by Gasteiger charge is 2.59. The van der Waals surface area contributed by atoms with Crippen molar-refractivity contribution < 1.29 is 14.2 Å². The maximum atomic E-state index is 6.97. The zero-order valence-electron chi connectivity index (χ0n) is 23.3. The van der Waals surface area contributed by atoms with Crippen molar-refractivity contribution in [2.75, 3.05) is 20.7 Å². The van der Waals surface area contributed by atoms with Gasteiger partial charge in [0.05, 0.1) is 32.5 Å². The Bertz CT molecular complexity index is 1190. The summed E-state index contributed by atoms with van der Waals surface area (Å²) in [6.45, 7) is 2.36. The number of nitrogens with zero attached hydrogens (tertiary/aromatic N) is 1. The first-order valence-corrected chi connectivity index (χ1v) is 14.6. The van der Waals surface area contributed by atoms with E-state index >= 15 is 0 Å². The molecule has 0 amide bonds. The Hall–Kier alpha value is -2.70. The predicted octanol–water partition coefficient (Wildman–Crippen LogP) is 5.62. The van der Waals surface area contributed by atoms with E-state index in [0.29, 0.717) is 31.2 Å². The summed E-state index contributed by atoms with van der Waals surface area (Å²) >= 11 is 0. The molecule has 6 atom stereocenters. The summed E-state index contributed by atoms with van der Waals surface area (Å²) in [5.41, 5.74) is 4.01. The van der Waals surface area contributed by atoms with Gasteiger partial charge in [-0.25, -0.2) is 0 Å². The maximum absolute atomic E-state index is 6.97. The Balaban J connectivity index is 1.31. The first kappa shape index (κ1) is 26.5. The van der Waals surface area contributed by atoms with Gasteiger partial charge in [-0.15, -0.1) is 0 Å². The molecule has 3 aromatic carbocycles. The molecule has 2 bridgehead atoms. The van der Waals surface area contributed by atoms with E-state index in [1.54, 1.807) is 7.11 Å². The Kier molecular flexibility index (Phi) is 8.03. The normalized spacial score (nSPS) is 30.2. The van der Waals surface area contributed by atoms with Gasteiger partial charge in [-0.3, -0.25) is 4.90 Å². The number of nitrogens with one attached hydrogen (secondary N) is 1. The lowest BCUT2D eigenvalue weighted by Crippen LogP contribution is -2.67. The number of likely N-dealkylation sites (N-methyl/N-ethyl adjacent to an activating group) is 1. The summed E-state index contributed by atoms with van der Waals surface area (Å²) < 4.78 is 19.2. The molecule has 3 fully saturated rings. The summed E-state index contributed by atoms with van der Waals surface area (Å²) in [7, 11) is 3.85. The minimum absolute atomic E-state index is 0.0945. The van der Waals surface area contributed by atoms with Gasteiger partial charge in [0.25, 0.3) is 0 Å². The van der Waals surface area contributed by atoms with Crippen molar-refractivity contribution in [2.24, 2.45) is 5.92 Å². The standard InChI is InChI=1S/C34H42N2O3/c1-35-28-20-34-18-17-32(38-23-26-9-5-3-6-10-26)30(21-34)33(39-24-27-11-7-4-8-12-27)31(36(34)22-28)19-25-13-15-29(37-2)16-14-25/h3-16,28,30-33,35H,17-24H2,1-2H3/t28-,30+,31-,32+,33+,34-/m1/s1. The van der Waals surface area contributed by atoms with E-state index in [1.807, 2.05) is 0 Å². The lowest BCUT2D eigenvalue weighted by molar-refractivity contribution is -0.184. The molecule has 2 heterocycles. The van der Waals surface area contributed by atoms with Crippen LogP contribution in [0.3, 0.4) is 0 Å². The van der Waals surface area contributed by atoms with Crippen LogP contribution in [0.2, 0.25) is 0 Å². The molecular weight excluding hydrogens is 484 g/mol. The zero-order valence-corrected chi connectivity index (χ0v) is 23.3. The summed E-state index contributed by atoms with van der Waals surface area (Å²) in [4.78, 5) is 2.83. The van der Waals surface area contributed by atoms with Crippen LogP contribution < -0.4 is 10.1 Å². The molecule has 5 heteroatoms. The van der Waals surface area contributed by atoms with E-state index in [2.05, 4.69) is 102 Å². The van der Waals surface area contributed by atoms with Gasteiger partial charge in [0, 0.05) is 30.1 Å². The lowest BCUT2D eigenvalue weighted by Gasteiger charge is -2.58. The summed E-state index contributed by atoms with van der Waals surface area (Å²) in [6.07, 6.45) is 5.88. The van der Waals surface area contributed by atoms with E-state index < -0.39 is 0 Å². The SMILES string of the molecule is CN[C@H]1CN2[C@H](Cc3ccc(OC)cc3)[C@@H](OCc3ccccc3)[C@H]3C[C@@]2(CC[C@@H]3OCc2ccccc2)C1. The van der Waals surface area contributed by atoms with Gasteiger partial charge in [-0.1, -0.05) is 72.8 Å². The fourth-order valence-electron chi connectivity index (χ4n) is 7.50. The van der Waals surface area contributed by atoms with Crippen LogP contribution in [-0.2, 0) is 29.1 Å². The van der Waals surface area contributed by atoms with Crippen LogP contribution in [0.1, 0.15) is 42.4 Å². The van der Waals surface area contributed by atoms with Crippen LogP contribution in [0.25, 0.3) is 0 Å². The highest BCUT2D eigenvalue weighted by Crippen LogP contribution is 2.53. The van der Waals surface area contributed by atoms with Crippen LogP contribution in [0, 0.1) is 5.92 Å². The molecule has 1 spiro atoms. The van der Waals surface area contributed by atoms with E-state index in [4.69, 9.17) is 14.2 Å². The van der Waals surface area contributed by atoms with Crippen molar-refractivity contribution in [1.82, 2.24) is 10.2 Å². The number of methoxy groups -OCH3 is 1. The fourth-order valence-corrected chi connectivity index (χ4v) is 7.50. The number of ether oxygens (including phenoxy) is 3. The van der Waals surface area contributed by atoms with Crippen LogP contribution in [0.15, 0.2) is 84.9 Å². The molecule has 1 aliphatic carbocycles. The average molecular weight is 527 g/mol. The van der Waals surface area contributed by atoms with Crippen LogP contribution in [0.5, 0.6) is 5.75 Å². The van der Waals surface area contributed by atoms with Crippen LogP contribution in [-0.4, -0.2) is 55.4 Å². The van der Waals surface area contributed by atoms with Gasteiger partial charge in [0.1, 0.15) is 5.75 Å². The number of rotatable bonds is 10. The molecule has 6 rings (SSSR count). The molecule has 1 N–H and O–H groups in total. The Morgan fingerprint density at radius 3 is 2.13 bits per heavy atom. The van der Waals surface area contributed by atoms with Gasteiger partial charge < -0.3 is 19.5 Å². The van der Waals surface area contributed by atoms with Gasteiger partial charge in [0.2, 0.25) is 0 Å². The first-order chi connectivity index (χ1) is 19.2. The topological polar surface area (TPSA) is 43.0 Å². The fraction of sp³-hybridized carbons (Fsp3) is 0.471. The number of hydrogen-bond donors (Lipinski definition) is 1. The minimum Gasteiger partial charge on any atom is -0.497 e. The molecule has 0 unspecified atom stereocenters. The summed E-state index contributed by atoms with van der Waals surface area (Å²) in [6, 6.07) is 30.6. The first-order valence-electron chi connectivity index (χ1n) is 14.6. The van der Waals surface area contributed by atoms with Crippen molar-refractivity contribution in [1.29, 1.82) is 0 Å². The molecular formula is C34H42N2O3. The second-order valence-electron chi connectivity index (χ2n) is 11.7. The molecule has 5 nitrogen and oxygen atoms in total. The number of fused-ring (bicyclic) bond motifs is 1. The molecule has 3 aromatic rings. The monoisotopic (exact) mass is 526 g/mol. The predicted molar refractivity (Wildman–Crippen MR) is 155 cm³/mol. The second kappa shape index (κ2) is 11.8. The molecule has 206 valence electrons. The van der Waals surface area contributed by atoms with Crippen molar-refractivity contribution in [3.05, 3.63) is 102 Å². The minimum atomic E-state index is 0.0945. The maximum Gasteiger partial charge on any atom is 0.118 e. The number of hydrogen-bond acceptors (Lipinski definition) is 5. The van der Waals surface area contributed by atoms with E-state index in [1.165, 1.54) is 29.5 Å². The van der Waals surface area contributed by atoms with Gasteiger partial charge in [-0.2, -0.15) is 0 Å². The Labute approximate surface area is 233 Å². The van der Waals surface area contributed by atoms with Crippen LogP contribution in [0.4, 0.5) is 0 Å². The highest BCUT2D eigenvalue weighted by atomic mass is 16.5. The average Bonchev–Trinajstić information content (AvgIpc) is 3.35. The smallest absolute Gasteiger partial charge is 0.118 e. The molecule has 39 heavy (non-hydrogen) atoms. The molecule has 0 radical (unpaired) electrons. The zero-order chi connectivity index (χ0) is 26.7. The number of benzene rings is 3. The van der Waals surface area contributed by atoms with Crippen molar-refractivity contribution in [3.8, 4) is 5.75 Å². The number of piperidine rings is 1. The van der Waals surface area contributed by atoms with Gasteiger partial charge >= 0.3 is 0 Å². The molecule has 3 aliphatic rings. The van der Waals surface area contributed by atoms with Gasteiger partial charge in [0.15, 0.2) is 0 Å². The van der Waals surface area contributed by atoms with E-state index in [-0.39, 0.29) is 17.7 Å². The Morgan fingerprint density at radius 1 is 0.821 bits per heavy atom. The van der Waals surface area contributed by atoms with Crippen molar-refractivity contribution in [2.45, 2.75) is 75.1 Å². The third kappa shape index (κ3) is 5.64. The van der Waals surface area contributed by atoms with Crippen molar-refractivity contribution in [3.63, 3.8) is 0 Å². The summed E-state index contributed by atoms with van der Waals surface area (Å²) in [5.74, 6) is 1.26. The molecule has 2 aliphatic heterocycles. The Morgan fingerprint density at radius 2 is 1.49 bits per heavy atom. The second-order valence-corrected chi connectivity index (χ2v) is 11.7. The lowest BCUT2D eigenvalue weighted by atomic mass is 9.65. The largest absolute Gasteiger partial charge is 0.497 e. The molecule has 0 aromatic heterocycles. The van der Waals surface area contributed by atoms with E-state index in [0.717, 1.165) is 31.6 Å². The van der Waals surface area contributed by atoms with Crippen molar-refractivity contribution >= 4 is 0 Å². The van der Waals surface area contributed by atoms with E-state index in [9.17, 15) is 0 Å². The highest BCUT2D eigenvalue weighted by molar-refractivity contribution is 5.29. The molecule has 1 saturated carbocycles. The third-order valence-electron chi connectivity index (χ3n) is 9.45.